The van der Waals surface area contributed by atoms with Crippen molar-refractivity contribution in [3.8, 4) is 46.0 Å². The Kier molecular flexibility index (Phi) is 5.68. The van der Waals surface area contributed by atoms with Gasteiger partial charge in [-0.1, -0.05) is 18.2 Å². The number of hydrogen-bond acceptors (Lipinski definition) is 8. The van der Waals surface area contributed by atoms with Crippen molar-refractivity contribution in [3.05, 3.63) is 83.4 Å². The molecule has 4 N–H and O–H groups in total. The van der Waals surface area contributed by atoms with E-state index in [1.54, 1.807) is 42.5 Å². The number of ether oxygens (including phenoxy) is 4. The molecular weight excluding hydrogens is 500 g/mol. The Bertz CT molecular complexity index is 1740. The zero-order valence-electron chi connectivity index (χ0n) is 21.4. The van der Waals surface area contributed by atoms with Crippen molar-refractivity contribution >= 4 is 21.5 Å². The summed E-state index contributed by atoms with van der Waals surface area (Å²) in [5.74, 6) is 1.04. The van der Waals surface area contributed by atoms with Gasteiger partial charge in [0.25, 0.3) is 0 Å². The molecule has 1 aliphatic heterocycles. The van der Waals surface area contributed by atoms with E-state index in [0.29, 0.717) is 33.2 Å². The second kappa shape index (κ2) is 9.09. The van der Waals surface area contributed by atoms with Crippen LogP contribution in [-0.4, -0.2) is 41.8 Å². The average Bonchev–Trinajstić information content (AvgIpc) is 3.33. The predicted octanol–water partition coefficient (Wildman–Crippen LogP) is 6.11. The average molecular weight is 527 g/mol. The lowest BCUT2D eigenvalue weighted by atomic mass is 9.84. The summed E-state index contributed by atoms with van der Waals surface area (Å²) in [5.41, 5.74) is 2.36. The Hall–Kier alpha value is -4.98. The summed E-state index contributed by atoms with van der Waals surface area (Å²) in [6.07, 6.45) is -0.592. The summed E-state index contributed by atoms with van der Waals surface area (Å²) in [5, 5.41) is 44.6. The Morgan fingerprint density at radius 1 is 0.590 bits per heavy atom. The third-order valence-corrected chi connectivity index (χ3v) is 7.35. The summed E-state index contributed by atoms with van der Waals surface area (Å²) < 4.78 is 22.9. The van der Waals surface area contributed by atoms with Crippen molar-refractivity contribution in [2.45, 2.75) is 12.0 Å². The normalized spacial score (nSPS) is 16.2. The van der Waals surface area contributed by atoms with Crippen LogP contribution in [0, 0.1) is 0 Å². The van der Waals surface area contributed by atoms with Crippen LogP contribution in [0.15, 0.2) is 66.7 Å². The van der Waals surface area contributed by atoms with Gasteiger partial charge in [0.1, 0.15) is 23.4 Å². The summed E-state index contributed by atoms with van der Waals surface area (Å²) in [6.45, 7) is 0. The van der Waals surface area contributed by atoms with Crippen LogP contribution in [0.2, 0.25) is 0 Å². The van der Waals surface area contributed by atoms with Gasteiger partial charge in [-0.3, -0.25) is 0 Å². The molecule has 0 amide bonds. The number of benzene rings is 5. The fourth-order valence-corrected chi connectivity index (χ4v) is 5.50. The van der Waals surface area contributed by atoms with Crippen LogP contribution in [0.5, 0.6) is 46.0 Å². The highest BCUT2D eigenvalue weighted by atomic mass is 16.5. The molecular formula is C31H26O8. The van der Waals surface area contributed by atoms with E-state index >= 15 is 0 Å². The maximum atomic E-state index is 10.9. The molecule has 5 aromatic rings. The molecule has 0 aromatic heterocycles. The smallest absolute Gasteiger partial charge is 0.200 e. The molecule has 198 valence electrons. The van der Waals surface area contributed by atoms with Crippen molar-refractivity contribution in [2.24, 2.45) is 0 Å². The quantitative estimate of drug-likeness (QED) is 0.203. The monoisotopic (exact) mass is 526 g/mol. The first-order valence-electron chi connectivity index (χ1n) is 12.2. The number of rotatable bonds is 5. The molecule has 2 atom stereocenters. The molecule has 6 rings (SSSR count). The van der Waals surface area contributed by atoms with E-state index in [0.717, 1.165) is 16.5 Å². The van der Waals surface area contributed by atoms with Gasteiger partial charge in [0.05, 0.1) is 27.2 Å². The van der Waals surface area contributed by atoms with Gasteiger partial charge < -0.3 is 39.4 Å². The van der Waals surface area contributed by atoms with E-state index < -0.39 is 6.10 Å². The van der Waals surface area contributed by atoms with Crippen molar-refractivity contribution < 1.29 is 39.4 Å². The topological polar surface area (TPSA) is 118 Å². The largest absolute Gasteiger partial charge is 0.508 e. The van der Waals surface area contributed by atoms with Crippen LogP contribution in [0.4, 0.5) is 0 Å². The van der Waals surface area contributed by atoms with Gasteiger partial charge in [0, 0.05) is 21.9 Å². The fourth-order valence-electron chi connectivity index (χ4n) is 5.50. The molecule has 1 aliphatic rings. The highest BCUT2D eigenvalue weighted by Gasteiger charge is 2.39. The van der Waals surface area contributed by atoms with Crippen LogP contribution in [-0.2, 0) is 0 Å². The molecule has 0 fully saturated rings. The van der Waals surface area contributed by atoms with Gasteiger partial charge in [-0.2, -0.15) is 0 Å². The van der Waals surface area contributed by atoms with Crippen molar-refractivity contribution in [1.82, 2.24) is 0 Å². The maximum Gasteiger partial charge on any atom is 0.200 e. The van der Waals surface area contributed by atoms with Crippen LogP contribution >= 0.6 is 0 Å². The van der Waals surface area contributed by atoms with E-state index in [1.165, 1.54) is 27.4 Å². The Labute approximate surface area is 223 Å². The number of phenolic OH excluding ortho intramolecular Hbond substituents is 4. The van der Waals surface area contributed by atoms with Crippen LogP contribution in [0.3, 0.4) is 0 Å². The highest BCUT2D eigenvalue weighted by molar-refractivity contribution is 6.13. The molecule has 0 bridgehead atoms. The lowest BCUT2D eigenvalue weighted by Gasteiger charge is -2.22. The van der Waals surface area contributed by atoms with Gasteiger partial charge in [-0.25, -0.2) is 0 Å². The Morgan fingerprint density at radius 2 is 1.26 bits per heavy atom. The second-order valence-electron chi connectivity index (χ2n) is 9.43. The first-order chi connectivity index (χ1) is 18.8. The summed E-state index contributed by atoms with van der Waals surface area (Å²) >= 11 is 0. The maximum absolute atomic E-state index is 10.9. The number of phenols is 4. The zero-order chi connectivity index (χ0) is 27.4. The summed E-state index contributed by atoms with van der Waals surface area (Å²) in [7, 11) is 4.41. The Balaban J connectivity index is 1.63. The first kappa shape index (κ1) is 24.4. The first-order valence-corrected chi connectivity index (χ1v) is 12.2. The molecule has 1 heterocycles. The standard InChI is InChI=1S/C31H26O8/c1-36-25-10-15(4-9-23(25)33)28-20-8-7-18-21-13-17(32)5-6-19(21)24(34)14-22(18)31(20)39-30(28)16-11-26(37-2)29(35)27(12-16)38-3/h4-14,28,30,32-35H,1-3H3/t28-,30+/m0/s1. The molecule has 39 heavy (non-hydrogen) atoms. The zero-order valence-corrected chi connectivity index (χ0v) is 21.4. The van der Waals surface area contributed by atoms with Crippen molar-refractivity contribution in [3.63, 3.8) is 0 Å². The molecule has 0 unspecified atom stereocenters. The predicted molar refractivity (Wildman–Crippen MR) is 146 cm³/mol. The molecule has 0 saturated heterocycles. The van der Waals surface area contributed by atoms with Gasteiger partial charge in [0.2, 0.25) is 5.75 Å². The minimum Gasteiger partial charge on any atom is -0.508 e. The molecule has 0 aliphatic carbocycles. The number of aromatic hydroxyl groups is 4. The third-order valence-electron chi connectivity index (χ3n) is 7.35. The molecule has 8 nitrogen and oxygen atoms in total. The minimum absolute atomic E-state index is 0.0135. The number of hydrogen-bond donors (Lipinski definition) is 4. The van der Waals surface area contributed by atoms with Crippen LogP contribution < -0.4 is 18.9 Å². The number of fused-ring (bicyclic) bond motifs is 5. The minimum atomic E-state index is -0.592. The summed E-state index contributed by atoms with van der Waals surface area (Å²) in [6, 6.07) is 19.0. The van der Waals surface area contributed by atoms with Crippen molar-refractivity contribution in [2.75, 3.05) is 21.3 Å². The highest BCUT2D eigenvalue weighted by Crippen LogP contribution is 2.55. The molecule has 0 saturated carbocycles. The van der Waals surface area contributed by atoms with E-state index in [4.69, 9.17) is 18.9 Å². The van der Waals surface area contributed by atoms with Gasteiger partial charge in [-0.15, -0.1) is 0 Å². The molecule has 0 radical (unpaired) electrons. The van der Waals surface area contributed by atoms with E-state index in [1.807, 2.05) is 18.2 Å². The summed E-state index contributed by atoms with van der Waals surface area (Å²) in [4.78, 5) is 0. The lowest BCUT2D eigenvalue weighted by molar-refractivity contribution is 0.222. The second-order valence-corrected chi connectivity index (χ2v) is 9.43. The molecule has 5 aromatic carbocycles. The number of methoxy groups -OCH3 is 3. The van der Waals surface area contributed by atoms with E-state index in [-0.39, 0.29) is 40.4 Å². The van der Waals surface area contributed by atoms with Crippen molar-refractivity contribution in [1.29, 1.82) is 0 Å². The lowest BCUT2D eigenvalue weighted by Crippen LogP contribution is -2.12. The SMILES string of the molecule is COc1cc([C@H]2c3ccc4c(cc(O)c5ccc(O)cc54)c3O[C@@H]2c2cc(OC)c(O)c(OC)c2)ccc1O. The van der Waals surface area contributed by atoms with Crippen LogP contribution in [0.25, 0.3) is 21.5 Å². The van der Waals surface area contributed by atoms with E-state index in [9.17, 15) is 20.4 Å². The third kappa shape index (κ3) is 3.75. The molecule has 8 heteroatoms. The van der Waals surface area contributed by atoms with Gasteiger partial charge in [0.15, 0.2) is 23.0 Å². The van der Waals surface area contributed by atoms with Crippen LogP contribution in [0.1, 0.15) is 28.7 Å². The Morgan fingerprint density at radius 3 is 1.95 bits per heavy atom. The van der Waals surface area contributed by atoms with Gasteiger partial charge >= 0.3 is 0 Å². The molecule has 0 spiro atoms. The fraction of sp³-hybridized carbons (Fsp3) is 0.161. The van der Waals surface area contributed by atoms with Gasteiger partial charge in [-0.05, 0) is 64.9 Å². The van der Waals surface area contributed by atoms with E-state index in [2.05, 4.69) is 0 Å².